The van der Waals surface area contributed by atoms with Gasteiger partial charge in [0.15, 0.2) is 23.3 Å². The number of carbonyl (C=O) groups is 1. The summed E-state index contributed by atoms with van der Waals surface area (Å²) in [5, 5.41) is 8.51. The third kappa shape index (κ3) is 2.37. The molecule has 7 heteroatoms. The molecule has 1 rings (SSSR count). The number of carboxylic acids is 1. The van der Waals surface area contributed by atoms with Gasteiger partial charge in [-0.1, -0.05) is 6.92 Å². The molecule has 0 spiro atoms. The largest absolute Gasteiger partial charge is 0.481 e. The lowest BCUT2D eigenvalue weighted by Crippen LogP contribution is -2.16. The van der Waals surface area contributed by atoms with Crippen LogP contribution in [0.1, 0.15) is 12.5 Å². The maximum atomic E-state index is 13.1. The molecule has 0 radical (unpaired) electrons. The van der Waals surface area contributed by atoms with E-state index in [-0.39, 0.29) is 0 Å². The van der Waals surface area contributed by atoms with Crippen LogP contribution in [-0.4, -0.2) is 11.1 Å². The number of benzene rings is 1. The maximum Gasteiger partial charge on any atom is 0.306 e. The molecule has 0 saturated carbocycles. The average molecular weight is 254 g/mol. The van der Waals surface area contributed by atoms with Crippen molar-refractivity contribution < 1.29 is 31.9 Å². The van der Waals surface area contributed by atoms with Crippen LogP contribution in [0.5, 0.6) is 0 Å². The van der Waals surface area contributed by atoms with E-state index in [1.807, 2.05) is 0 Å². The molecule has 1 aromatic rings. The minimum atomic E-state index is -2.26. The van der Waals surface area contributed by atoms with E-state index in [0.717, 1.165) is 6.92 Å². The van der Waals surface area contributed by atoms with Crippen LogP contribution in [-0.2, 0) is 11.2 Å². The summed E-state index contributed by atoms with van der Waals surface area (Å²) in [7, 11) is 0. The molecule has 0 fully saturated rings. The monoisotopic (exact) mass is 254 g/mol. The second kappa shape index (κ2) is 4.68. The van der Waals surface area contributed by atoms with Crippen molar-refractivity contribution >= 4 is 5.97 Å². The Kier molecular flexibility index (Phi) is 3.69. The Balaban J connectivity index is 3.30. The molecule has 0 unspecified atom stereocenters. The van der Waals surface area contributed by atoms with Crippen LogP contribution in [0.25, 0.3) is 0 Å². The lowest BCUT2D eigenvalue weighted by atomic mass is 10.00. The van der Waals surface area contributed by atoms with Gasteiger partial charge in [-0.15, -0.1) is 0 Å². The van der Waals surface area contributed by atoms with Gasteiger partial charge in [0.05, 0.1) is 5.92 Å². The topological polar surface area (TPSA) is 37.3 Å². The van der Waals surface area contributed by atoms with E-state index >= 15 is 0 Å². The van der Waals surface area contributed by atoms with E-state index in [9.17, 15) is 26.7 Å². The van der Waals surface area contributed by atoms with Crippen molar-refractivity contribution in [1.82, 2.24) is 0 Å². The first kappa shape index (κ1) is 13.4. The van der Waals surface area contributed by atoms with Gasteiger partial charge < -0.3 is 5.11 Å². The fraction of sp³-hybridized carbons (Fsp3) is 0.300. The van der Waals surface area contributed by atoms with Crippen LogP contribution < -0.4 is 0 Å². The van der Waals surface area contributed by atoms with E-state index in [0.29, 0.717) is 0 Å². The van der Waals surface area contributed by atoms with Crippen molar-refractivity contribution in [3.8, 4) is 0 Å². The Morgan fingerprint density at radius 2 is 1.35 bits per heavy atom. The Labute approximate surface area is 92.7 Å². The summed E-state index contributed by atoms with van der Waals surface area (Å²) in [5.74, 6) is -13.0. The fourth-order valence-corrected chi connectivity index (χ4v) is 1.22. The highest BCUT2D eigenvalue weighted by atomic mass is 19.2. The normalized spacial score (nSPS) is 12.6. The first-order valence-corrected chi connectivity index (χ1v) is 4.50. The van der Waals surface area contributed by atoms with Crippen molar-refractivity contribution in [2.75, 3.05) is 0 Å². The average Bonchev–Trinajstić information content (AvgIpc) is 2.29. The van der Waals surface area contributed by atoms with E-state index < -0.39 is 53.0 Å². The van der Waals surface area contributed by atoms with Crippen molar-refractivity contribution in [2.45, 2.75) is 13.3 Å². The van der Waals surface area contributed by atoms with E-state index in [4.69, 9.17) is 5.11 Å². The minimum Gasteiger partial charge on any atom is -0.481 e. The zero-order chi connectivity index (χ0) is 13.3. The smallest absolute Gasteiger partial charge is 0.306 e. The van der Waals surface area contributed by atoms with Gasteiger partial charge in [0.1, 0.15) is 0 Å². The highest BCUT2D eigenvalue weighted by Gasteiger charge is 2.27. The van der Waals surface area contributed by atoms with Gasteiger partial charge in [-0.05, 0) is 6.42 Å². The number of rotatable bonds is 3. The molecule has 0 aliphatic carbocycles. The predicted octanol–water partition coefficient (Wildman–Crippen LogP) is 2.65. The van der Waals surface area contributed by atoms with Crippen molar-refractivity contribution in [3.05, 3.63) is 34.6 Å². The molecule has 0 heterocycles. The molecule has 0 saturated heterocycles. The third-order valence-corrected chi connectivity index (χ3v) is 2.23. The lowest BCUT2D eigenvalue weighted by molar-refractivity contribution is -0.141. The minimum absolute atomic E-state index is 0.777. The van der Waals surface area contributed by atoms with E-state index in [2.05, 4.69) is 0 Å². The summed E-state index contributed by atoms with van der Waals surface area (Å²) >= 11 is 0. The molecule has 94 valence electrons. The zero-order valence-corrected chi connectivity index (χ0v) is 8.53. The number of hydrogen-bond donors (Lipinski definition) is 1. The molecule has 1 N–H and O–H groups in total. The van der Waals surface area contributed by atoms with Gasteiger partial charge in [0.2, 0.25) is 5.82 Å². The second-order valence-electron chi connectivity index (χ2n) is 3.49. The van der Waals surface area contributed by atoms with Gasteiger partial charge in [0, 0.05) is 5.56 Å². The highest BCUT2D eigenvalue weighted by molar-refractivity contribution is 5.69. The Bertz CT molecular complexity index is 443. The van der Waals surface area contributed by atoms with Gasteiger partial charge in [-0.25, -0.2) is 22.0 Å². The quantitative estimate of drug-likeness (QED) is 0.511. The molecule has 0 aromatic heterocycles. The second-order valence-corrected chi connectivity index (χ2v) is 3.49. The summed E-state index contributed by atoms with van der Waals surface area (Å²) in [6.07, 6.45) is -0.777. The molecule has 1 atom stereocenters. The Morgan fingerprint density at radius 3 is 1.71 bits per heavy atom. The van der Waals surface area contributed by atoms with Crippen molar-refractivity contribution in [2.24, 2.45) is 5.92 Å². The predicted molar refractivity (Wildman–Crippen MR) is 46.7 cm³/mol. The van der Waals surface area contributed by atoms with Crippen molar-refractivity contribution in [1.29, 1.82) is 0 Å². The number of carboxylic acid groups (broad SMARTS) is 1. The molecule has 2 nitrogen and oxygen atoms in total. The molecule has 0 aliphatic heterocycles. The first-order valence-electron chi connectivity index (χ1n) is 4.50. The molecule has 0 aliphatic rings. The summed E-state index contributed by atoms with van der Waals surface area (Å²) in [6.45, 7) is 1.10. The third-order valence-electron chi connectivity index (χ3n) is 2.23. The summed E-state index contributed by atoms with van der Waals surface area (Å²) in [4.78, 5) is 10.5. The molecular weight excluding hydrogens is 247 g/mol. The number of halogens is 5. The van der Waals surface area contributed by atoms with Crippen LogP contribution >= 0.6 is 0 Å². The maximum absolute atomic E-state index is 13.1. The van der Waals surface area contributed by atoms with Crippen LogP contribution in [0.3, 0.4) is 0 Å². The molecule has 0 bridgehead atoms. The van der Waals surface area contributed by atoms with Crippen LogP contribution in [0.2, 0.25) is 0 Å². The molecule has 0 amide bonds. The molecular formula is C10H7F5O2. The summed E-state index contributed by atoms with van der Waals surface area (Å²) in [5.41, 5.74) is -1.11. The number of hydrogen-bond acceptors (Lipinski definition) is 1. The van der Waals surface area contributed by atoms with Gasteiger partial charge in [0.25, 0.3) is 0 Å². The Morgan fingerprint density at radius 1 is 1.00 bits per heavy atom. The number of aliphatic carboxylic acids is 1. The van der Waals surface area contributed by atoms with Gasteiger partial charge in [-0.3, -0.25) is 4.79 Å². The van der Waals surface area contributed by atoms with E-state index in [1.165, 1.54) is 0 Å². The van der Waals surface area contributed by atoms with Crippen molar-refractivity contribution in [3.63, 3.8) is 0 Å². The fourth-order valence-electron chi connectivity index (χ4n) is 1.22. The lowest BCUT2D eigenvalue weighted by Gasteiger charge is -2.10. The molecule has 1 aromatic carbocycles. The van der Waals surface area contributed by atoms with Crippen LogP contribution in [0, 0.1) is 35.0 Å². The summed E-state index contributed by atoms with van der Waals surface area (Å²) in [6, 6.07) is 0. The van der Waals surface area contributed by atoms with Crippen LogP contribution in [0.4, 0.5) is 22.0 Å². The van der Waals surface area contributed by atoms with Gasteiger partial charge >= 0.3 is 5.97 Å². The Hall–Kier alpha value is -1.66. The highest BCUT2D eigenvalue weighted by Crippen LogP contribution is 2.25. The van der Waals surface area contributed by atoms with Gasteiger partial charge in [-0.2, -0.15) is 0 Å². The molecule has 17 heavy (non-hydrogen) atoms. The van der Waals surface area contributed by atoms with E-state index in [1.54, 1.807) is 0 Å². The van der Waals surface area contributed by atoms with Crippen LogP contribution in [0.15, 0.2) is 0 Å². The SMILES string of the molecule is C[C@H](Cc1c(F)c(F)c(F)c(F)c1F)C(=O)O. The zero-order valence-electron chi connectivity index (χ0n) is 8.53. The first-order chi connectivity index (χ1) is 7.77. The standard InChI is InChI=1S/C10H7F5O2/c1-3(10(16)17)2-4-5(11)7(13)9(15)8(14)6(4)12/h3H,2H2,1H3,(H,16,17)/t3-/m1/s1. The summed E-state index contributed by atoms with van der Waals surface area (Å²) < 4.78 is 64.4.